The summed E-state index contributed by atoms with van der Waals surface area (Å²) < 4.78 is 25.1. The van der Waals surface area contributed by atoms with Gasteiger partial charge in [0.15, 0.2) is 6.27 Å². The van der Waals surface area contributed by atoms with E-state index >= 15 is 0 Å². The summed E-state index contributed by atoms with van der Waals surface area (Å²) in [6.45, 7) is 0.358. The van der Waals surface area contributed by atoms with Crippen LogP contribution in [0.15, 0.2) is 0 Å². The minimum Gasteiger partial charge on any atom is -0.390 e. The van der Waals surface area contributed by atoms with Crippen LogP contribution in [0.1, 0.15) is 9.16 Å². The van der Waals surface area contributed by atoms with Crippen molar-refractivity contribution in [3.63, 3.8) is 0 Å². The monoisotopic (exact) mass is 132 g/mol. The van der Waals surface area contributed by atoms with Crippen molar-refractivity contribution in [2.45, 2.75) is 18.8 Å². The Balaban J connectivity index is 2.33. The zero-order chi connectivity index (χ0) is 8.11. The fourth-order valence-electron chi connectivity index (χ4n) is 1.14. The molecule has 3 heteroatoms. The third-order valence-electron chi connectivity index (χ3n) is 1.64. The van der Waals surface area contributed by atoms with Crippen molar-refractivity contribution in [3.8, 4) is 0 Å². The molecule has 0 spiro atoms. The van der Waals surface area contributed by atoms with Gasteiger partial charge in [-0.05, 0) is 6.42 Å². The first kappa shape index (κ1) is 3.91. The van der Waals surface area contributed by atoms with Gasteiger partial charge in [-0.1, -0.05) is 0 Å². The van der Waals surface area contributed by atoms with Crippen LogP contribution in [0.25, 0.3) is 0 Å². The summed E-state index contributed by atoms with van der Waals surface area (Å²) in [7, 11) is 0. The van der Waals surface area contributed by atoms with Crippen LogP contribution in [-0.2, 0) is 9.47 Å². The van der Waals surface area contributed by atoms with E-state index < -0.39 is 18.3 Å². The molecule has 0 saturated carbocycles. The molecule has 2 rings (SSSR count). The Morgan fingerprint density at radius 3 is 3.22 bits per heavy atom. The molecule has 2 fully saturated rings. The second-order valence-corrected chi connectivity index (χ2v) is 2.24. The topological polar surface area (TPSA) is 38.7 Å². The molecule has 2 heterocycles. The highest BCUT2D eigenvalue weighted by atomic mass is 16.7. The molecule has 0 aliphatic carbocycles. The molecule has 0 bridgehead atoms. The lowest BCUT2D eigenvalue weighted by Gasteiger charge is -2.06. The standard InChI is InChI=1S/C6H10O3/c7-5-3-9-6-4(5)1-2-8-6/h4-7H,1-3H2/t4?,5?,6-/m1/s1/i4D,6D. The van der Waals surface area contributed by atoms with Gasteiger partial charge in [0, 0.05) is 7.26 Å². The zero-order valence-corrected chi connectivity index (χ0v) is 4.96. The highest BCUT2D eigenvalue weighted by Gasteiger charge is 2.40. The summed E-state index contributed by atoms with van der Waals surface area (Å²) in [5.41, 5.74) is 0. The smallest absolute Gasteiger partial charge is 0.163 e. The van der Waals surface area contributed by atoms with E-state index in [4.69, 9.17) is 12.2 Å². The van der Waals surface area contributed by atoms with Gasteiger partial charge in [-0.15, -0.1) is 0 Å². The number of fused-ring (bicyclic) bond motifs is 1. The quantitative estimate of drug-likeness (QED) is 0.493. The van der Waals surface area contributed by atoms with Crippen molar-refractivity contribution < 1.29 is 17.3 Å². The first-order chi connectivity index (χ1) is 5.08. The normalized spacial score (nSPS) is 69.2. The van der Waals surface area contributed by atoms with E-state index in [1.54, 1.807) is 0 Å². The van der Waals surface area contributed by atoms with Crippen LogP contribution >= 0.6 is 0 Å². The van der Waals surface area contributed by atoms with Crippen molar-refractivity contribution in [2.24, 2.45) is 5.89 Å². The third-order valence-corrected chi connectivity index (χ3v) is 1.64. The predicted octanol–water partition coefficient (Wildman–Crippen LogP) is -0.260. The van der Waals surface area contributed by atoms with Gasteiger partial charge in [0.1, 0.15) is 0 Å². The number of hydrogen-bond donors (Lipinski definition) is 1. The van der Waals surface area contributed by atoms with Crippen molar-refractivity contribution >= 4 is 0 Å². The van der Waals surface area contributed by atoms with Crippen molar-refractivity contribution in [3.05, 3.63) is 0 Å². The van der Waals surface area contributed by atoms with E-state index in [1.165, 1.54) is 0 Å². The third kappa shape index (κ3) is 0.764. The Kier molecular flexibility index (Phi) is 0.840. The molecule has 0 aromatic carbocycles. The zero-order valence-electron chi connectivity index (χ0n) is 6.96. The maximum absolute atomic E-state index is 9.31. The lowest BCUT2D eigenvalue weighted by molar-refractivity contribution is -0.0907. The van der Waals surface area contributed by atoms with Crippen LogP contribution in [0.4, 0.5) is 0 Å². The molecule has 0 aromatic rings. The van der Waals surface area contributed by atoms with Gasteiger partial charge in [0.2, 0.25) is 0 Å². The van der Waals surface area contributed by atoms with Gasteiger partial charge in [-0.25, -0.2) is 0 Å². The van der Waals surface area contributed by atoms with Gasteiger partial charge >= 0.3 is 0 Å². The van der Waals surface area contributed by atoms with Gasteiger partial charge in [0.25, 0.3) is 0 Å². The Morgan fingerprint density at radius 2 is 2.44 bits per heavy atom. The van der Waals surface area contributed by atoms with E-state index in [2.05, 4.69) is 0 Å². The summed E-state index contributed by atoms with van der Waals surface area (Å²) >= 11 is 0. The fourth-order valence-corrected chi connectivity index (χ4v) is 1.14. The van der Waals surface area contributed by atoms with Crippen molar-refractivity contribution in [2.75, 3.05) is 13.2 Å². The average molecular weight is 132 g/mol. The minimum atomic E-state index is -1.62. The van der Waals surface area contributed by atoms with Gasteiger partial charge in [-0.3, -0.25) is 0 Å². The maximum Gasteiger partial charge on any atom is 0.163 e. The molecule has 3 atom stereocenters. The molecular formula is C6H10O3. The largest absolute Gasteiger partial charge is 0.390 e. The van der Waals surface area contributed by atoms with E-state index in [0.717, 1.165) is 0 Å². The number of hydrogen-bond acceptors (Lipinski definition) is 3. The summed E-state index contributed by atoms with van der Waals surface area (Å²) in [5, 5.41) is 9.31. The molecule has 2 aliphatic heterocycles. The number of rotatable bonds is 0. The molecule has 0 aromatic heterocycles. The Hall–Kier alpha value is -0.120. The molecule has 2 aliphatic rings. The van der Waals surface area contributed by atoms with E-state index in [9.17, 15) is 5.11 Å². The maximum atomic E-state index is 9.31. The average Bonchev–Trinajstić information content (AvgIpc) is 2.34. The van der Waals surface area contributed by atoms with Crippen molar-refractivity contribution in [1.29, 1.82) is 0 Å². The summed E-state index contributed by atoms with van der Waals surface area (Å²) in [6, 6.07) is 0. The SMILES string of the molecule is [2H]C12CCO[C@]1([2H])OCC2O. The molecule has 52 valence electrons. The fraction of sp³-hybridized carbons (Fsp3) is 1.00. The second kappa shape index (κ2) is 1.94. The lowest BCUT2D eigenvalue weighted by Crippen LogP contribution is -2.18. The Morgan fingerprint density at radius 1 is 1.56 bits per heavy atom. The highest BCUT2D eigenvalue weighted by Crippen LogP contribution is 2.30. The summed E-state index contributed by atoms with van der Waals surface area (Å²) in [6.07, 6.45) is -2.13. The van der Waals surface area contributed by atoms with Crippen LogP contribution in [0.2, 0.25) is 0 Å². The summed E-state index contributed by atoms with van der Waals surface area (Å²) in [5.74, 6) is -1.27. The van der Waals surface area contributed by atoms with E-state index in [0.29, 0.717) is 13.0 Å². The van der Waals surface area contributed by atoms with E-state index in [1.807, 2.05) is 0 Å². The van der Waals surface area contributed by atoms with Gasteiger partial charge in [-0.2, -0.15) is 0 Å². The Bertz CT molecular complexity index is 189. The molecular weight excluding hydrogens is 120 g/mol. The van der Waals surface area contributed by atoms with Gasteiger partial charge < -0.3 is 14.6 Å². The highest BCUT2D eigenvalue weighted by molar-refractivity contribution is 4.81. The molecule has 9 heavy (non-hydrogen) atoms. The lowest BCUT2D eigenvalue weighted by atomic mass is 10.0. The van der Waals surface area contributed by atoms with Crippen LogP contribution < -0.4 is 0 Å². The van der Waals surface area contributed by atoms with Crippen LogP contribution in [-0.4, -0.2) is 30.7 Å². The number of aliphatic hydroxyl groups excluding tert-OH is 1. The number of aliphatic hydroxyl groups is 1. The van der Waals surface area contributed by atoms with Crippen LogP contribution in [0.3, 0.4) is 0 Å². The van der Waals surface area contributed by atoms with Crippen molar-refractivity contribution in [1.82, 2.24) is 0 Å². The Labute approximate surface area is 56.4 Å². The molecule has 0 amide bonds. The van der Waals surface area contributed by atoms with Gasteiger partial charge in [0.05, 0.1) is 20.7 Å². The first-order valence-electron chi connectivity index (χ1n) is 4.04. The molecule has 0 radical (unpaired) electrons. The van der Waals surface area contributed by atoms with Crippen LogP contribution in [0, 0.1) is 5.89 Å². The summed E-state index contributed by atoms with van der Waals surface area (Å²) in [4.78, 5) is 0. The van der Waals surface area contributed by atoms with E-state index in [-0.39, 0.29) is 6.61 Å². The predicted molar refractivity (Wildman–Crippen MR) is 29.8 cm³/mol. The molecule has 2 saturated heterocycles. The second-order valence-electron chi connectivity index (χ2n) is 2.24. The minimum absolute atomic E-state index is 0.0347. The molecule has 1 N–H and O–H groups in total. The molecule has 2 unspecified atom stereocenters. The first-order valence-corrected chi connectivity index (χ1v) is 3.04. The van der Waals surface area contributed by atoms with Crippen LogP contribution in [0.5, 0.6) is 0 Å². The molecule has 3 nitrogen and oxygen atoms in total. The number of ether oxygens (including phenoxy) is 2.